The van der Waals surface area contributed by atoms with Crippen LogP contribution in [0.2, 0.25) is 0 Å². The Kier molecular flexibility index (Phi) is 6.09. The van der Waals surface area contributed by atoms with Gasteiger partial charge in [-0.2, -0.15) is 0 Å². The van der Waals surface area contributed by atoms with Crippen LogP contribution in [0.15, 0.2) is 41.1 Å². The summed E-state index contributed by atoms with van der Waals surface area (Å²) < 4.78 is 27.5. The topological polar surface area (TPSA) is 63.0 Å². The molecular formula is C22H25NO5. The van der Waals surface area contributed by atoms with Gasteiger partial charge in [0.15, 0.2) is 11.5 Å². The van der Waals surface area contributed by atoms with Crippen molar-refractivity contribution in [1.82, 2.24) is 5.16 Å². The van der Waals surface area contributed by atoms with Crippen LogP contribution in [0.3, 0.4) is 0 Å². The van der Waals surface area contributed by atoms with Crippen LogP contribution in [0, 0.1) is 0 Å². The van der Waals surface area contributed by atoms with E-state index >= 15 is 0 Å². The maximum atomic E-state index is 5.65. The van der Waals surface area contributed by atoms with E-state index in [0.29, 0.717) is 23.0 Å². The number of ether oxygens (including phenoxy) is 4. The summed E-state index contributed by atoms with van der Waals surface area (Å²) in [5.74, 6) is 1.96. The average Bonchev–Trinajstić information content (AvgIpc) is 3.22. The lowest BCUT2D eigenvalue weighted by atomic mass is 9.98. The third kappa shape index (κ3) is 3.50. The number of hydrogen-bond acceptors (Lipinski definition) is 6. The number of aryl methyl sites for hydroxylation is 1. The molecule has 0 radical (unpaired) electrons. The molecule has 148 valence electrons. The lowest BCUT2D eigenvalue weighted by Crippen LogP contribution is -2.00. The smallest absolute Gasteiger partial charge is 0.207 e. The summed E-state index contributed by atoms with van der Waals surface area (Å²) in [6.45, 7) is 2.17. The molecule has 3 rings (SSSR count). The Morgan fingerprint density at radius 3 is 2.07 bits per heavy atom. The molecule has 1 heterocycles. The van der Waals surface area contributed by atoms with Crippen LogP contribution < -0.4 is 18.9 Å². The second kappa shape index (κ2) is 8.69. The maximum Gasteiger partial charge on any atom is 0.207 e. The van der Waals surface area contributed by atoms with E-state index in [1.165, 1.54) is 5.56 Å². The predicted molar refractivity (Wildman–Crippen MR) is 108 cm³/mol. The molecule has 0 atom stereocenters. The Hall–Kier alpha value is -3.15. The number of rotatable bonds is 8. The normalized spacial score (nSPS) is 10.6. The van der Waals surface area contributed by atoms with Gasteiger partial charge in [-0.05, 0) is 18.1 Å². The van der Waals surface area contributed by atoms with Crippen molar-refractivity contribution in [2.45, 2.75) is 19.8 Å². The van der Waals surface area contributed by atoms with Gasteiger partial charge >= 0.3 is 0 Å². The highest BCUT2D eigenvalue weighted by Gasteiger charge is 2.25. The molecule has 2 aromatic carbocycles. The van der Waals surface area contributed by atoms with Gasteiger partial charge in [0.1, 0.15) is 12.0 Å². The lowest BCUT2D eigenvalue weighted by Gasteiger charge is -2.18. The fraction of sp³-hybridized carbons (Fsp3) is 0.318. The number of hydrogen-bond donors (Lipinski definition) is 0. The minimum atomic E-state index is 0.449. The summed E-state index contributed by atoms with van der Waals surface area (Å²) in [6, 6.07) is 10.2. The summed E-state index contributed by atoms with van der Waals surface area (Å²) in [5.41, 5.74) is 4.49. The van der Waals surface area contributed by atoms with Crippen molar-refractivity contribution < 1.29 is 23.5 Å². The first kappa shape index (κ1) is 19.6. The number of aromatic nitrogens is 1. The van der Waals surface area contributed by atoms with E-state index < -0.39 is 0 Å². The average molecular weight is 383 g/mol. The van der Waals surface area contributed by atoms with Crippen molar-refractivity contribution in [2.24, 2.45) is 0 Å². The van der Waals surface area contributed by atoms with Gasteiger partial charge in [0, 0.05) is 11.1 Å². The van der Waals surface area contributed by atoms with E-state index in [9.17, 15) is 0 Å². The van der Waals surface area contributed by atoms with E-state index in [0.717, 1.165) is 35.2 Å². The SMILES string of the molecule is CCCc1ccc(-c2nocc2-c2cc(OC)c(OC)c(OC)c2OC)cc1. The third-order valence-electron chi connectivity index (χ3n) is 4.61. The van der Waals surface area contributed by atoms with Gasteiger partial charge in [0.25, 0.3) is 0 Å². The Morgan fingerprint density at radius 1 is 0.821 bits per heavy atom. The maximum absolute atomic E-state index is 5.65. The minimum absolute atomic E-state index is 0.449. The molecule has 6 heteroatoms. The van der Waals surface area contributed by atoms with Gasteiger partial charge in [-0.15, -0.1) is 0 Å². The molecule has 0 aliphatic carbocycles. The molecular weight excluding hydrogens is 358 g/mol. The largest absolute Gasteiger partial charge is 0.493 e. The Morgan fingerprint density at radius 2 is 1.50 bits per heavy atom. The molecule has 6 nitrogen and oxygen atoms in total. The van der Waals surface area contributed by atoms with E-state index in [1.54, 1.807) is 34.7 Å². The number of nitrogens with zero attached hydrogens (tertiary/aromatic N) is 1. The van der Waals surface area contributed by atoms with Crippen LogP contribution in [0.4, 0.5) is 0 Å². The molecule has 3 aromatic rings. The van der Waals surface area contributed by atoms with E-state index in [1.807, 2.05) is 6.07 Å². The minimum Gasteiger partial charge on any atom is -0.493 e. The fourth-order valence-corrected chi connectivity index (χ4v) is 3.29. The van der Waals surface area contributed by atoms with Crippen LogP contribution >= 0.6 is 0 Å². The second-order valence-corrected chi connectivity index (χ2v) is 6.25. The Balaban J connectivity index is 2.16. The van der Waals surface area contributed by atoms with Crippen molar-refractivity contribution in [3.05, 3.63) is 42.2 Å². The number of benzene rings is 2. The summed E-state index contributed by atoms with van der Waals surface area (Å²) >= 11 is 0. The highest BCUT2D eigenvalue weighted by Crippen LogP contribution is 2.51. The lowest BCUT2D eigenvalue weighted by molar-refractivity contribution is 0.306. The van der Waals surface area contributed by atoms with E-state index in [-0.39, 0.29) is 0 Å². The van der Waals surface area contributed by atoms with Gasteiger partial charge in [0.05, 0.1) is 34.0 Å². The summed E-state index contributed by atoms with van der Waals surface area (Å²) in [6.07, 6.45) is 3.75. The molecule has 0 amide bonds. The second-order valence-electron chi connectivity index (χ2n) is 6.25. The molecule has 0 spiro atoms. The van der Waals surface area contributed by atoms with Crippen molar-refractivity contribution in [3.8, 4) is 45.4 Å². The van der Waals surface area contributed by atoms with Crippen molar-refractivity contribution in [1.29, 1.82) is 0 Å². The summed E-state index contributed by atoms with van der Waals surface area (Å²) in [4.78, 5) is 0. The standard InChI is InChI=1S/C22H25NO5/c1-6-7-14-8-10-15(11-9-14)19-17(13-28-23-19)16-12-18(24-2)21(26-4)22(27-5)20(16)25-3/h8-13H,6-7H2,1-5H3. The monoisotopic (exact) mass is 383 g/mol. The fourth-order valence-electron chi connectivity index (χ4n) is 3.29. The third-order valence-corrected chi connectivity index (χ3v) is 4.61. The zero-order valence-electron chi connectivity index (χ0n) is 16.9. The first-order chi connectivity index (χ1) is 13.7. The molecule has 0 bridgehead atoms. The molecule has 0 aliphatic heterocycles. The molecule has 0 saturated heterocycles. The van der Waals surface area contributed by atoms with Gasteiger partial charge in [-0.3, -0.25) is 0 Å². The summed E-state index contributed by atoms with van der Waals surface area (Å²) in [7, 11) is 6.28. The highest BCUT2D eigenvalue weighted by atomic mass is 16.5. The molecule has 0 fully saturated rings. The molecule has 0 unspecified atom stereocenters. The number of methoxy groups -OCH3 is 4. The Labute approximate surface area is 165 Å². The van der Waals surface area contributed by atoms with Crippen LogP contribution in [0.1, 0.15) is 18.9 Å². The van der Waals surface area contributed by atoms with Crippen LogP contribution in [-0.4, -0.2) is 33.6 Å². The van der Waals surface area contributed by atoms with Crippen molar-refractivity contribution >= 4 is 0 Å². The predicted octanol–water partition coefficient (Wildman–Crippen LogP) is 5.00. The van der Waals surface area contributed by atoms with Crippen LogP contribution in [0.25, 0.3) is 22.4 Å². The van der Waals surface area contributed by atoms with Gasteiger partial charge in [-0.1, -0.05) is 42.8 Å². The highest BCUT2D eigenvalue weighted by molar-refractivity contribution is 5.87. The molecule has 0 N–H and O–H groups in total. The quantitative estimate of drug-likeness (QED) is 0.546. The van der Waals surface area contributed by atoms with Crippen molar-refractivity contribution in [3.63, 3.8) is 0 Å². The zero-order chi connectivity index (χ0) is 20.1. The van der Waals surface area contributed by atoms with Crippen LogP contribution in [0.5, 0.6) is 23.0 Å². The van der Waals surface area contributed by atoms with Gasteiger partial charge in [0.2, 0.25) is 11.5 Å². The van der Waals surface area contributed by atoms with Crippen LogP contribution in [-0.2, 0) is 6.42 Å². The summed E-state index contributed by atoms with van der Waals surface area (Å²) in [5, 5.41) is 4.22. The Bertz CT molecular complexity index is 931. The van der Waals surface area contributed by atoms with E-state index in [2.05, 4.69) is 36.3 Å². The molecule has 1 aromatic heterocycles. The zero-order valence-corrected chi connectivity index (χ0v) is 16.9. The van der Waals surface area contributed by atoms with Gasteiger partial charge < -0.3 is 23.5 Å². The van der Waals surface area contributed by atoms with E-state index in [4.69, 9.17) is 23.5 Å². The molecule has 0 aliphatic rings. The first-order valence-corrected chi connectivity index (χ1v) is 9.09. The molecule has 0 saturated carbocycles. The van der Waals surface area contributed by atoms with Crippen molar-refractivity contribution in [2.75, 3.05) is 28.4 Å². The molecule has 28 heavy (non-hydrogen) atoms. The van der Waals surface area contributed by atoms with Gasteiger partial charge in [-0.25, -0.2) is 0 Å². The first-order valence-electron chi connectivity index (χ1n) is 9.09.